The Labute approximate surface area is 321 Å². The van der Waals surface area contributed by atoms with Gasteiger partial charge in [0.05, 0.1) is 25.9 Å². The molecular formula is C42H87NO8P+. The van der Waals surface area contributed by atoms with Crippen LogP contribution in [-0.2, 0) is 18.6 Å². The molecule has 52 heavy (non-hydrogen) atoms. The first-order valence-electron chi connectivity index (χ1n) is 22.1. The number of quaternary nitrogens is 1. The van der Waals surface area contributed by atoms with Crippen molar-refractivity contribution in [3.05, 3.63) is 0 Å². The molecule has 0 rings (SSSR count). The lowest BCUT2D eigenvalue weighted by Crippen LogP contribution is -2.57. The van der Waals surface area contributed by atoms with Crippen LogP contribution in [0.25, 0.3) is 0 Å². The fourth-order valence-corrected chi connectivity index (χ4v) is 8.54. The van der Waals surface area contributed by atoms with Gasteiger partial charge in [-0.3, -0.25) is 4.57 Å². The molecule has 0 aromatic rings. The molecule has 0 aromatic heterocycles. The zero-order valence-electron chi connectivity index (χ0n) is 34.2. The van der Waals surface area contributed by atoms with Crippen molar-refractivity contribution < 1.29 is 43.5 Å². The molecule has 0 aliphatic carbocycles. The van der Waals surface area contributed by atoms with Gasteiger partial charge >= 0.3 is 5.97 Å². The van der Waals surface area contributed by atoms with Crippen molar-refractivity contribution in [2.45, 2.75) is 206 Å². The Morgan fingerprint density at radius 2 is 1.02 bits per heavy atom. The van der Waals surface area contributed by atoms with Gasteiger partial charge in [-0.1, -0.05) is 174 Å². The van der Waals surface area contributed by atoms with Gasteiger partial charge in [0.15, 0.2) is 14.6 Å². The lowest BCUT2D eigenvalue weighted by Gasteiger charge is -2.37. The van der Waals surface area contributed by atoms with E-state index in [9.17, 15) is 29.8 Å². The summed E-state index contributed by atoms with van der Waals surface area (Å²) in [5, 5.41) is 39.2. The van der Waals surface area contributed by atoms with Gasteiger partial charge in [-0.25, -0.2) is 4.79 Å². The molecule has 0 spiro atoms. The molecule has 0 fully saturated rings. The number of aliphatic carboxylic acids is 1. The average molecular weight is 765 g/mol. The third kappa shape index (κ3) is 34.0. The van der Waals surface area contributed by atoms with Gasteiger partial charge in [0.25, 0.3) is 0 Å². The fourth-order valence-electron chi connectivity index (χ4n) is 7.30. The van der Waals surface area contributed by atoms with Crippen LogP contribution in [0.15, 0.2) is 0 Å². The van der Waals surface area contributed by atoms with Gasteiger partial charge in [-0.15, -0.1) is 0 Å². The topological polar surface area (TPSA) is 134 Å². The van der Waals surface area contributed by atoms with E-state index in [1.165, 1.54) is 148 Å². The van der Waals surface area contributed by atoms with Gasteiger partial charge in [-0.2, -0.15) is 0 Å². The normalized spacial score (nSPS) is 13.8. The molecule has 4 N–H and O–H groups in total. The Hall–Kier alpha value is -0.540. The highest BCUT2D eigenvalue weighted by Crippen LogP contribution is 2.29. The van der Waals surface area contributed by atoms with E-state index in [2.05, 4.69) is 13.8 Å². The second kappa shape index (κ2) is 38.7. The van der Waals surface area contributed by atoms with Gasteiger partial charge in [-0.05, 0) is 19.3 Å². The summed E-state index contributed by atoms with van der Waals surface area (Å²) in [5.41, 5.74) is 0. The molecule has 0 aliphatic heterocycles. The van der Waals surface area contributed by atoms with E-state index in [0.29, 0.717) is 13.2 Å². The Morgan fingerprint density at radius 1 is 0.615 bits per heavy atom. The first-order chi connectivity index (χ1) is 25.3. The summed E-state index contributed by atoms with van der Waals surface area (Å²) in [6.07, 6.45) is 33.9. The zero-order chi connectivity index (χ0) is 38.4. The third-order valence-electron chi connectivity index (χ3n) is 10.5. The van der Waals surface area contributed by atoms with Crippen molar-refractivity contribution in [2.24, 2.45) is 0 Å². The van der Waals surface area contributed by atoms with Crippen molar-refractivity contribution in [1.29, 1.82) is 0 Å². The van der Waals surface area contributed by atoms with Gasteiger partial charge in [0, 0.05) is 12.8 Å². The maximum atomic E-state index is 13.1. The highest BCUT2D eigenvalue weighted by Gasteiger charge is 2.32. The molecule has 0 aliphatic rings. The van der Waals surface area contributed by atoms with E-state index in [4.69, 9.17) is 9.26 Å². The van der Waals surface area contributed by atoms with E-state index in [-0.39, 0.29) is 62.6 Å². The van der Waals surface area contributed by atoms with Crippen molar-refractivity contribution in [1.82, 2.24) is 0 Å². The monoisotopic (exact) mass is 765 g/mol. The highest BCUT2D eigenvalue weighted by molar-refractivity contribution is 7.39. The number of hydrogen-bond donors (Lipinski definition) is 4. The van der Waals surface area contributed by atoms with Crippen molar-refractivity contribution in [3.8, 4) is 0 Å². The SMILES string of the molecule is CCCCCCCCCCCCCCCCOCC(CCCCCCCCCCCCCC)O[PH](=O)CCC(O)C[N+](CCO)(CCO)CC(=O)O. The van der Waals surface area contributed by atoms with E-state index in [1.807, 2.05) is 0 Å². The van der Waals surface area contributed by atoms with Gasteiger partial charge < -0.3 is 34.2 Å². The second-order valence-corrected chi connectivity index (χ2v) is 17.1. The van der Waals surface area contributed by atoms with E-state index >= 15 is 0 Å². The summed E-state index contributed by atoms with van der Waals surface area (Å²) in [4.78, 5) is 11.5. The predicted octanol–water partition coefficient (Wildman–Crippen LogP) is 10.1. The van der Waals surface area contributed by atoms with Crippen LogP contribution in [0.4, 0.5) is 0 Å². The molecule has 0 bridgehead atoms. The number of unbranched alkanes of at least 4 members (excludes halogenated alkanes) is 24. The highest BCUT2D eigenvalue weighted by atomic mass is 31.1. The van der Waals surface area contributed by atoms with Crippen LogP contribution in [0.5, 0.6) is 0 Å². The van der Waals surface area contributed by atoms with Crippen LogP contribution in [0, 0.1) is 0 Å². The number of carbonyl (C=O) groups is 1. The first-order valence-corrected chi connectivity index (χ1v) is 23.6. The minimum atomic E-state index is -2.43. The Bertz CT molecular complexity index is 783. The number of carboxylic acids is 1. The standard InChI is InChI=1S/C42H86NO8P/c1-3-5-7-9-11-13-15-17-18-20-22-24-26-28-35-50-39-41(29-27-25-23-21-19-16-14-12-10-8-6-4-2)51-52(49)36-30-40(46)37-43(31-33-44,32-34-45)38-42(47)48/h40-41,44-46,52H,3-39H2,1-2H3/p+1. The molecule has 10 heteroatoms. The molecule has 9 nitrogen and oxygen atoms in total. The molecule has 3 atom stereocenters. The summed E-state index contributed by atoms with van der Waals surface area (Å²) in [6.45, 7) is 5.15. The molecule has 0 saturated heterocycles. The number of nitrogens with zero attached hydrogens (tertiary/aromatic N) is 1. The molecule has 0 radical (unpaired) electrons. The molecule has 3 unspecified atom stereocenters. The third-order valence-corrected chi connectivity index (χ3v) is 11.8. The number of ether oxygens (including phenoxy) is 1. The minimum Gasteiger partial charge on any atom is -0.477 e. The largest absolute Gasteiger partial charge is 0.477 e. The summed E-state index contributed by atoms with van der Waals surface area (Å²) >= 11 is 0. The summed E-state index contributed by atoms with van der Waals surface area (Å²) in [7, 11) is -2.43. The Balaban J connectivity index is 4.52. The zero-order valence-corrected chi connectivity index (χ0v) is 35.2. The summed E-state index contributed by atoms with van der Waals surface area (Å²) in [5.74, 6) is -1.05. The smallest absolute Gasteiger partial charge is 0.359 e. The quantitative estimate of drug-likeness (QED) is 0.0274. The van der Waals surface area contributed by atoms with E-state index in [0.717, 1.165) is 25.7 Å². The van der Waals surface area contributed by atoms with E-state index < -0.39 is 20.1 Å². The van der Waals surface area contributed by atoms with E-state index in [1.54, 1.807) is 0 Å². The number of aliphatic hydroxyl groups is 3. The summed E-state index contributed by atoms with van der Waals surface area (Å²) in [6, 6.07) is 0. The number of rotatable bonds is 43. The van der Waals surface area contributed by atoms with Crippen molar-refractivity contribution in [3.63, 3.8) is 0 Å². The lowest BCUT2D eigenvalue weighted by atomic mass is 10.0. The Kier molecular flexibility index (Phi) is 38.3. The van der Waals surface area contributed by atoms with Crippen LogP contribution in [-0.4, -0.2) is 102 Å². The predicted molar refractivity (Wildman–Crippen MR) is 218 cm³/mol. The second-order valence-electron chi connectivity index (χ2n) is 15.6. The average Bonchev–Trinajstić information content (AvgIpc) is 3.10. The van der Waals surface area contributed by atoms with Crippen LogP contribution in [0.3, 0.4) is 0 Å². The summed E-state index contributed by atoms with van der Waals surface area (Å²) < 4.78 is 25.0. The molecule has 312 valence electrons. The van der Waals surface area contributed by atoms with Crippen LogP contribution in [0.2, 0.25) is 0 Å². The fraction of sp³-hybridized carbons (Fsp3) is 0.976. The molecule has 0 saturated carbocycles. The van der Waals surface area contributed by atoms with Crippen LogP contribution in [0.1, 0.15) is 194 Å². The van der Waals surface area contributed by atoms with Gasteiger partial charge in [0.1, 0.15) is 25.7 Å². The Morgan fingerprint density at radius 3 is 1.42 bits per heavy atom. The lowest BCUT2D eigenvalue weighted by molar-refractivity contribution is -0.924. The number of carboxylic acid groups (broad SMARTS) is 1. The van der Waals surface area contributed by atoms with Crippen molar-refractivity contribution >= 4 is 14.0 Å². The van der Waals surface area contributed by atoms with Crippen LogP contribution < -0.4 is 0 Å². The number of aliphatic hydroxyl groups excluding tert-OH is 3. The number of hydrogen-bond acceptors (Lipinski definition) is 7. The maximum Gasteiger partial charge on any atom is 0.359 e. The van der Waals surface area contributed by atoms with Crippen molar-refractivity contribution in [2.75, 3.05) is 58.8 Å². The first kappa shape index (κ1) is 51.5. The molecule has 0 amide bonds. The molecule has 0 aromatic carbocycles. The maximum absolute atomic E-state index is 13.1. The molecule has 0 heterocycles. The van der Waals surface area contributed by atoms with Crippen LogP contribution >= 0.6 is 8.03 Å². The minimum absolute atomic E-state index is 0.0627. The molecular weight excluding hydrogens is 677 g/mol. The van der Waals surface area contributed by atoms with Gasteiger partial charge in [0.2, 0.25) is 0 Å².